The van der Waals surface area contributed by atoms with Crippen molar-refractivity contribution in [2.24, 2.45) is 5.73 Å². The first-order chi connectivity index (χ1) is 7.32. The van der Waals surface area contributed by atoms with Crippen LogP contribution in [0.3, 0.4) is 0 Å². The van der Waals surface area contributed by atoms with E-state index >= 15 is 0 Å². The Labute approximate surface area is 99.3 Å². The van der Waals surface area contributed by atoms with Crippen molar-refractivity contribution >= 4 is 5.91 Å². The van der Waals surface area contributed by atoms with Crippen molar-refractivity contribution in [2.75, 3.05) is 20.6 Å². The van der Waals surface area contributed by atoms with Gasteiger partial charge in [0.2, 0.25) is 5.91 Å². The van der Waals surface area contributed by atoms with E-state index in [0.717, 1.165) is 0 Å². The fourth-order valence-corrected chi connectivity index (χ4v) is 0.767. The van der Waals surface area contributed by atoms with E-state index in [2.05, 4.69) is 5.32 Å². The maximum Gasteiger partial charge on any atom is 0.415 e. The van der Waals surface area contributed by atoms with Gasteiger partial charge in [0, 0.05) is 12.1 Å². The lowest BCUT2D eigenvalue weighted by molar-refractivity contribution is -0.187. The predicted octanol–water partition coefficient (Wildman–Crippen LogP) is 0.722. The minimum atomic E-state index is -4.76. The van der Waals surface area contributed by atoms with Gasteiger partial charge in [-0.1, -0.05) is 0 Å². The number of amides is 1. The van der Waals surface area contributed by atoms with Gasteiger partial charge in [-0.25, -0.2) is 0 Å². The van der Waals surface area contributed by atoms with E-state index in [1.807, 2.05) is 0 Å². The van der Waals surface area contributed by atoms with Crippen LogP contribution in [0.5, 0.6) is 0 Å². The summed E-state index contributed by atoms with van der Waals surface area (Å²) in [6.07, 6.45) is -4.76. The molecule has 102 valence electrons. The highest BCUT2D eigenvalue weighted by Crippen LogP contribution is 2.28. The van der Waals surface area contributed by atoms with Crippen LogP contribution in [-0.4, -0.2) is 48.7 Å². The highest BCUT2D eigenvalue weighted by Gasteiger charge is 2.54. The molecule has 7 heteroatoms. The van der Waals surface area contributed by atoms with Crippen molar-refractivity contribution < 1.29 is 18.0 Å². The summed E-state index contributed by atoms with van der Waals surface area (Å²) in [6.45, 7) is 4.34. The number of alkyl halides is 3. The average Bonchev–Trinajstić information content (AvgIpc) is 2.12. The second-order valence-electron chi connectivity index (χ2n) is 5.09. The van der Waals surface area contributed by atoms with E-state index < -0.39 is 23.2 Å². The molecule has 0 heterocycles. The van der Waals surface area contributed by atoms with Crippen molar-refractivity contribution in [3.63, 3.8) is 0 Å². The molecule has 0 radical (unpaired) electrons. The number of halogens is 3. The molecule has 0 bridgehead atoms. The first kappa shape index (κ1) is 16.2. The molecule has 0 spiro atoms. The lowest BCUT2D eigenvalue weighted by Crippen LogP contribution is -2.63. The maximum absolute atomic E-state index is 12.5. The van der Waals surface area contributed by atoms with E-state index in [-0.39, 0.29) is 6.54 Å². The van der Waals surface area contributed by atoms with Gasteiger partial charge < -0.3 is 16.0 Å². The standard InChI is InChI=1S/C10H20F3N3O/c1-8(2,16(4)5)6-15-7(17)9(3,14)10(11,12)13/h6,14H2,1-5H3,(H,15,17). The number of rotatable bonds is 4. The molecule has 0 saturated heterocycles. The molecule has 0 rings (SSSR count). The summed E-state index contributed by atoms with van der Waals surface area (Å²) in [5, 5.41) is 2.23. The third-order valence-electron chi connectivity index (χ3n) is 2.95. The van der Waals surface area contributed by atoms with Crippen molar-refractivity contribution in [3.05, 3.63) is 0 Å². The zero-order valence-electron chi connectivity index (χ0n) is 10.8. The number of carbonyl (C=O) groups is 1. The Morgan fingerprint density at radius 3 is 1.94 bits per heavy atom. The van der Waals surface area contributed by atoms with Crippen LogP contribution in [0.15, 0.2) is 0 Å². The number of likely N-dealkylation sites (N-methyl/N-ethyl adjacent to an activating group) is 1. The summed E-state index contributed by atoms with van der Waals surface area (Å²) >= 11 is 0. The number of nitrogens with one attached hydrogen (secondary N) is 1. The third kappa shape index (κ3) is 3.85. The fraction of sp³-hybridized carbons (Fsp3) is 0.900. The van der Waals surface area contributed by atoms with Crippen molar-refractivity contribution in [3.8, 4) is 0 Å². The molecule has 0 aromatic heterocycles. The third-order valence-corrected chi connectivity index (χ3v) is 2.95. The summed E-state index contributed by atoms with van der Waals surface area (Å²) in [7, 11) is 3.55. The zero-order valence-corrected chi connectivity index (χ0v) is 10.8. The molecule has 0 aromatic rings. The van der Waals surface area contributed by atoms with Gasteiger partial charge in [0.15, 0.2) is 5.54 Å². The Morgan fingerprint density at radius 1 is 1.24 bits per heavy atom. The molecular formula is C10H20F3N3O. The van der Waals surface area contributed by atoms with Crippen LogP contribution in [0.1, 0.15) is 20.8 Å². The minimum Gasteiger partial charge on any atom is -0.352 e. The van der Waals surface area contributed by atoms with E-state index in [1.54, 1.807) is 32.8 Å². The van der Waals surface area contributed by atoms with Crippen LogP contribution in [0.4, 0.5) is 13.2 Å². The van der Waals surface area contributed by atoms with E-state index in [0.29, 0.717) is 6.92 Å². The quantitative estimate of drug-likeness (QED) is 0.778. The summed E-state index contributed by atoms with van der Waals surface area (Å²) in [6, 6.07) is 0. The highest BCUT2D eigenvalue weighted by atomic mass is 19.4. The molecule has 0 aliphatic carbocycles. The number of hydrogen-bond donors (Lipinski definition) is 2. The van der Waals surface area contributed by atoms with Crippen LogP contribution >= 0.6 is 0 Å². The maximum atomic E-state index is 12.5. The normalized spacial score (nSPS) is 16.8. The van der Waals surface area contributed by atoms with Gasteiger partial charge in [-0.05, 0) is 34.9 Å². The van der Waals surface area contributed by atoms with Gasteiger partial charge in [0.25, 0.3) is 0 Å². The molecule has 1 amide bonds. The molecule has 1 atom stereocenters. The Kier molecular flexibility index (Phi) is 4.58. The zero-order chi connectivity index (χ0) is 14.1. The number of nitrogens with two attached hydrogens (primary N) is 1. The molecule has 0 aliphatic heterocycles. The smallest absolute Gasteiger partial charge is 0.352 e. The van der Waals surface area contributed by atoms with Crippen LogP contribution < -0.4 is 11.1 Å². The molecule has 0 aromatic carbocycles. The molecular weight excluding hydrogens is 235 g/mol. The second kappa shape index (κ2) is 4.81. The minimum absolute atomic E-state index is 0.0850. The summed E-state index contributed by atoms with van der Waals surface area (Å²) in [5.74, 6) is -1.22. The second-order valence-corrected chi connectivity index (χ2v) is 5.09. The van der Waals surface area contributed by atoms with Crippen molar-refractivity contribution in [1.82, 2.24) is 10.2 Å². The lowest BCUT2D eigenvalue weighted by atomic mass is 10.00. The predicted molar refractivity (Wildman–Crippen MR) is 59.4 cm³/mol. The monoisotopic (exact) mass is 255 g/mol. The van der Waals surface area contributed by atoms with E-state index in [9.17, 15) is 18.0 Å². The number of nitrogens with zero attached hydrogens (tertiary/aromatic N) is 1. The fourth-order valence-electron chi connectivity index (χ4n) is 0.767. The Hall–Kier alpha value is -0.820. The molecule has 0 fully saturated rings. The van der Waals surface area contributed by atoms with Crippen LogP contribution in [0, 0.1) is 0 Å². The Morgan fingerprint density at radius 2 is 1.65 bits per heavy atom. The topological polar surface area (TPSA) is 58.4 Å². The summed E-state index contributed by atoms with van der Waals surface area (Å²) in [4.78, 5) is 13.2. The number of carbonyl (C=O) groups excluding carboxylic acids is 1. The Bertz CT molecular complexity index is 285. The highest BCUT2D eigenvalue weighted by molar-refractivity contribution is 5.86. The molecule has 1 unspecified atom stereocenters. The lowest BCUT2D eigenvalue weighted by Gasteiger charge is -2.34. The van der Waals surface area contributed by atoms with E-state index in [1.165, 1.54) is 0 Å². The van der Waals surface area contributed by atoms with Crippen LogP contribution in [0.25, 0.3) is 0 Å². The van der Waals surface area contributed by atoms with Gasteiger partial charge in [0.05, 0.1) is 0 Å². The van der Waals surface area contributed by atoms with Gasteiger partial charge in [-0.2, -0.15) is 13.2 Å². The summed E-state index contributed by atoms with van der Waals surface area (Å²) < 4.78 is 37.4. The molecule has 0 saturated carbocycles. The Balaban J connectivity index is 4.59. The molecule has 0 aliphatic rings. The van der Waals surface area contributed by atoms with Crippen LogP contribution in [-0.2, 0) is 4.79 Å². The van der Waals surface area contributed by atoms with Gasteiger partial charge in [0.1, 0.15) is 0 Å². The molecule has 17 heavy (non-hydrogen) atoms. The van der Waals surface area contributed by atoms with Gasteiger partial charge >= 0.3 is 6.18 Å². The molecule has 3 N–H and O–H groups in total. The van der Waals surface area contributed by atoms with E-state index in [4.69, 9.17) is 5.73 Å². The summed E-state index contributed by atoms with van der Waals surface area (Å²) in [5.41, 5.74) is 1.68. The first-order valence-electron chi connectivity index (χ1n) is 5.13. The largest absolute Gasteiger partial charge is 0.415 e. The molecule has 4 nitrogen and oxygen atoms in total. The SMILES string of the molecule is CN(C)C(C)(C)CNC(=O)C(C)(N)C(F)(F)F. The van der Waals surface area contributed by atoms with Gasteiger partial charge in [-0.3, -0.25) is 4.79 Å². The van der Waals surface area contributed by atoms with Crippen molar-refractivity contribution in [1.29, 1.82) is 0 Å². The van der Waals surface area contributed by atoms with Crippen molar-refractivity contribution in [2.45, 2.75) is 38.0 Å². The number of hydrogen-bond acceptors (Lipinski definition) is 3. The first-order valence-corrected chi connectivity index (χ1v) is 5.13. The van der Waals surface area contributed by atoms with Crippen LogP contribution in [0.2, 0.25) is 0 Å². The van der Waals surface area contributed by atoms with Gasteiger partial charge in [-0.15, -0.1) is 0 Å². The average molecular weight is 255 g/mol.